The highest BCUT2D eigenvalue weighted by Crippen LogP contribution is 2.28. The minimum atomic E-state index is -0.393. The molecule has 0 saturated carbocycles. The molecule has 0 radical (unpaired) electrons. The van der Waals surface area contributed by atoms with Crippen LogP contribution >= 0.6 is 0 Å². The van der Waals surface area contributed by atoms with E-state index in [-0.39, 0.29) is 30.8 Å². The van der Waals surface area contributed by atoms with Crippen molar-refractivity contribution < 1.29 is 19.5 Å². The van der Waals surface area contributed by atoms with Gasteiger partial charge in [-0.1, -0.05) is 39.0 Å². The normalized spacial score (nSPS) is 13.8. The van der Waals surface area contributed by atoms with Gasteiger partial charge in [0.05, 0.1) is 13.7 Å². The van der Waals surface area contributed by atoms with Crippen LogP contribution in [0.15, 0.2) is 24.3 Å². The predicted molar refractivity (Wildman–Crippen MR) is 81.0 cm³/mol. The van der Waals surface area contributed by atoms with Gasteiger partial charge in [0.25, 0.3) is 0 Å². The Labute approximate surface area is 126 Å². The van der Waals surface area contributed by atoms with Crippen LogP contribution in [0.1, 0.15) is 38.7 Å². The van der Waals surface area contributed by atoms with Gasteiger partial charge in [0, 0.05) is 6.42 Å². The van der Waals surface area contributed by atoms with Crippen molar-refractivity contribution in [1.82, 2.24) is 5.48 Å². The first kappa shape index (κ1) is 17.5. The molecule has 0 aliphatic heterocycles. The van der Waals surface area contributed by atoms with Gasteiger partial charge in [0.1, 0.15) is 11.9 Å². The molecule has 2 atom stereocenters. The molecule has 21 heavy (non-hydrogen) atoms. The third-order valence-electron chi connectivity index (χ3n) is 3.41. The van der Waals surface area contributed by atoms with Crippen LogP contribution in [0.5, 0.6) is 5.75 Å². The number of benzene rings is 1. The molecule has 0 unspecified atom stereocenters. The number of carbonyl (C=O) groups is 1. The van der Waals surface area contributed by atoms with Crippen molar-refractivity contribution >= 4 is 5.91 Å². The lowest BCUT2D eigenvalue weighted by Gasteiger charge is -2.20. The van der Waals surface area contributed by atoms with E-state index in [1.165, 1.54) is 0 Å². The minimum absolute atomic E-state index is 0.0105. The van der Waals surface area contributed by atoms with E-state index in [0.29, 0.717) is 0 Å². The number of hydrogen-bond donors (Lipinski definition) is 2. The highest BCUT2D eigenvalue weighted by atomic mass is 16.7. The fourth-order valence-corrected chi connectivity index (χ4v) is 2.03. The van der Waals surface area contributed by atoms with Crippen molar-refractivity contribution in [3.05, 3.63) is 29.8 Å². The van der Waals surface area contributed by atoms with E-state index in [9.17, 15) is 4.79 Å². The Bertz CT molecular complexity index is 448. The lowest BCUT2D eigenvalue weighted by molar-refractivity contribution is -0.144. The zero-order valence-corrected chi connectivity index (χ0v) is 13.1. The van der Waals surface area contributed by atoms with E-state index in [1.807, 2.05) is 45.0 Å². The van der Waals surface area contributed by atoms with Crippen LogP contribution in [0.2, 0.25) is 0 Å². The van der Waals surface area contributed by atoms with Crippen LogP contribution in [0.3, 0.4) is 0 Å². The maximum absolute atomic E-state index is 11.9. The largest absolute Gasteiger partial charge is 0.496 e. The standard InChI is InChI=1S/C16H25NO4/c1-11(2)15(10-18)21-17-16(19)9-12(3)13-7-5-6-8-14(13)20-4/h5-8,11-12,15,18H,9-10H2,1-4H3,(H,17,19)/t12-,15-/m0/s1. The van der Waals surface area contributed by atoms with Gasteiger partial charge in [-0.25, -0.2) is 5.48 Å². The predicted octanol–water partition coefficient (Wildman–Crippen LogP) is 2.25. The Morgan fingerprint density at radius 2 is 1.95 bits per heavy atom. The fourth-order valence-electron chi connectivity index (χ4n) is 2.03. The number of carbonyl (C=O) groups excluding carboxylic acids is 1. The highest BCUT2D eigenvalue weighted by Gasteiger charge is 2.18. The number of rotatable bonds is 8. The Balaban J connectivity index is 2.54. The van der Waals surface area contributed by atoms with E-state index in [2.05, 4.69) is 5.48 Å². The van der Waals surface area contributed by atoms with Crippen LogP contribution < -0.4 is 10.2 Å². The van der Waals surface area contributed by atoms with E-state index in [1.54, 1.807) is 7.11 Å². The summed E-state index contributed by atoms with van der Waals surface area (Å²) >= 11 is 0. The van der Waals surface area contributed by atoms with Gasteiger partial charge in [-0.15, -0.1) is 0 Å². The molecule has 0 spiro atoms. The summed E-state index contributed by atoms with van der Waals surface area (Å²) in [6.45, 7) is 5.68. The Hall–Kier alpha value is -1.59. The van der Waals surface area contributed by atoms with Crippen molar-refractivity contribution in [2.24, 2.45) is 5.92 Å². The van der Waals surface area contributed by atoms with Crippen LogP contribution in [0.25, 0.3) is 0 Å². The molecule has 1 amide bonds. The molecule has 1 aromatic rings. The molecule has 0 heterocycles. The molecule has 1 rings (SSSR count). The summed E-state index contributed by atoms with van der Waals surface area (Å²) in [7, 11) is 1.61. The summed E-state index contributed by atoms with van der Waals surface area (Å²) in [5.74, 6) is 0.694. The summed E-state index contributed by atoms with van der Waals surface area (Å²) in [6.07, 6.45) is -0.105. The summed E-state index contributed by atoms with van der Waals surface area (Å²) < 4.78 is 5.30. The maximum atomic E-state index is 11.9. The second kappa shape index (κ2) is 8.64. The Morgan fingerprint density at radius 3 is 2.52 bits per heavy atom. The Kier molecular flexibility index (Phi) is 7.19. The Morgan fingerprint density at radius 1 is 1.29 bits per heavy atom. The summed E-state index contributed by atoms with van der Waals surface area (Å²) in [5, 5.41) is 9.14. The van der Waals surface area contributed by atoms with Gasteiger partial charge in [0.2, 0.25) is 5.91 Å². The topological polar surface area (TPSA) is 67.8 Å². The van der Waals surface area contributed by atoms with E-state index < -0.39 is 6.10 Å². The first-order chi connectivity index (χ1) is 9.99. The second-order valence-electron chi connectivity index (χ2n) is 5.46. The summed E-state index contributed by atoms with van der Waals surface area (Å²) in [5.41, 5.74) is 3.40. The second-order valence-corrected chi connectivity index (χ2v) is 5.46. The molecule has 0 bridgehead atoms. The maximum Gasteiger partial charge on any atom is 0.244 e. The third-order valence-corrected chi connectivity index (χ3v) is 3.41. The number of nitrogens with one attached hydrogen (secondary N) is 1. The van der Waals surface area contributed by atoms with E-state index in [4.69, 9.17) is 14.7 Å². The lowest BCUT2D eigenvalue weighted by Crippen LogP contribution is -2.35. The molecular formula is C16H25NO4. The summed E-state index contributed by atoms with van der Waals surface area (Å²) in [4.78, 5) is 17.1. The van der Waals surface area contributed by atoms with Crippen molar-refractivity contribution in [3.8, 4) is 5.75 Å². The van der Waals surface area contributed by atoms with Gasteiger partial charge >= 0.3 is 0 Å². The van der Waals surface area contributed by atoms with Gasteiger partial charge in [-0.3, -0.25) is 9.63 Å². The number of ether oxygens (including phenoxy) is 1. The average molecular weight is 295 g/mol. The molecule has 0 aliphatic rings. The van der Waals surface area contributed by atoms with Gasteiger partial charge in [-0.05, 0) is 23.5 Å². The molecule has 5 nitrogen and oxygen atoms in total. The number of methoxy groups -OCH3 is 1. The van der Waals surface area contributed by atoms with Crippen LogP contribution in [-0.4, -0.2) is 30.8 Å². The van der Waals surface area contributed by atoms with Gasteiger partial charge in [-0.2, -0.15) is 0 Å². The van der Waals surface area contributed by atoms with Gasteiger partial charge < -0.3 is 9.84 Å². The van der Waals surface area contributed by atoms with E-state index >= 15 is 0 Å². The fraction of sp³-hybridized carbons (Fsp3) is 0.562. The quantitative estimate of drug-likeness (QED) is 0.722. The molecular weight excluding hydrogens is 270 g/mol. The molecule has 1 aromatic carbocycles. The molecule has 0 saturated heterocycles. The third kappa shape index (κ3) is 5.36. The molecule has 0 aromatic heterocycles. The number of hydrogen-bond acceptors (Lipinski definition) is 4. The number of amides is 1. The van der Waals surface area contributed by atoms with Crippen molar-refractivity contribution in [2.75, 3.05) is 13.7 Å². The van der Waals surface area contributed by atoms with Crippen LogP contribution in [0.4, 0.5) is 0 Å². The van der Waals surface area contributed by atoms with Gasteiger partial charge in [0.15, 0.2) is 0 Å². The molecule has 0 fully saturated rings. The molecule has 118 valence electrons. The number of hydroxylamine groups is 1. The number of para-hydroxylation sites is 1. The average Bonchev–Trinajstić information content (AvgIpc) is 2.47. The smallest absolute Gasteiger partial charge is 0.244 e. The van der Waals surface area contributed by atoms with Crippen molar-refractivity contribution in [3.63, 3.8) is 0 Å². The van der Waals surface area contributed by atoms with E-state index in [0.717, 1.165) is 11.3 Å². The minimum Gasteiger partial charge on any atom is -0.496 e. The first-order valence-electron chi connectivity index (χ1n) is 7.17. The number of aliphatic hydroxyl groups is 1. The zero-order chi connectivity index (χ0) is 15.8. The monoisotopic (exact) mass is 295 g/mol. The molecule has 5 heteroatoms. The highest BCUT2D eigenvalue weighted by molar-refractivity contribution is 5.75. The van der Waals surface area contributed by atoms with Crippen LogP contribution in [-0.2, 0) is 9.63 Å². The zero-order valence-electron chi connectivity index (χ0n) is 13.1. The molecule has 2 N–H and O–H groups in total. The van der Waals surface area contributed by atoms with Crippen molar-refractivity contribution in [1.29, 1.82) is 0 Å². The first-order valence-corrected chi connectivity index (χ1v) is 7.17. The van der Waals surface area contributed by atoms with Crippen molar-refractivity contribution in [2.45, 2.75) is 39.2 Å². The summed E-state index contributed by atoms with van der Waals surface area (Å²) in [6, 6.07) is 7.64. The lowest BCUT2D eigenvalue weighted by atomic mass is 9.96. The SMILES string of the molecule is COc1ccccc1[C@@H](C)CC(=O)NO[C@@H](CO)C(C)C. The number of aliphatic hydroxyl groups excluding tert-OH is 1. The van der Waals surface area contributed by atoms with Crippen LogP contribution in [0, 0.1) is 5.92 Å². The molecule has 0 aliphatic carbocycles.